The van der Waals surface area contributed by atoms with Gasteiger partial charge in [-0.05, 0) is 36.4 Å². The molecule has 0 radical (unpaired) electrons. The second-order valence-electron chi connectivity index (χ2n) is 5.99. The van der Waals surface area contributed by atoms with E-state index >= 15 is 0 Å². The quantitative estimate of drug-likeness (QED) is 0.582. The van der Waals surface area contributed by atoms with Gasteiger partial charge in [0.1, 0.15) is 12.3 Å². The fourth-order valence-corrected chi connectivity index (χ4v) is 3.02. The van der Waals surface area contributed by atoms with Crippen molar-refractivity contribution in [3.8, 4) is 5.75 Å². The van der Waals surface area contributed by atoms with Crippen LogP contribution in [-0.4, -0.2) is 23.4 Å². The molecule has 1 aliphatic heterocycles. The number of amides is 2. The zero-order valence-electron chi connectivity index (χ0n) is 13.9. The van der Waals surface area contributed by atoms with E-state index in [4.69, 9.17) is 23.2 Å². The molecular formula is C18H15Cl2F2N2O3+. The Kier molecular flexibility index (Phi) is 5.64. The maximum atomic E-state index is 12.6. The van der Waals surface area contributed by atoms with Crippen LogP contribution in [0.1, 0.15) is 12.0 Å². The lowest BCUT2D eigenvalue weighted by atomic mass is 10.2. The lowest BCUT2D eigenvalue weighted by Gasteiger charge is -2.15. The first kappa shape index (κ1) is 19.5. The first-order chi connectivity index (χ1) is 12.7. The van der Waals surface area contributed by atoms with E-state index in [2.05, 4.69) is 4.74 Å². The van der Waals surface area contributed by atoms with Gasteiger partial charge in [0.05, 0.1) is 12.1 Å². The fraction of sp³-hybridized carbons (Fsp3) is 0.222. The summed E-state index contributed by atoms with van der Waals surface area (Å²) in [5.41, 5.74) is -2.57. The van der Waals surface area contributed by atoms with E-state index in [0.717, 1.165) is 10.5 Å². The van der Waals surface area contributed by atoms with E-state index in [1.165, 1.54) is 24.3 Å². The molecule has 0 aliphatic carbocycles. The molecule has 2 aromatic carbocycles. The molecule has 142 valence electrons. The third-order valence-corrected chi connectivity index (χ3v) is 4.39. The van der Waals surface area contributed by atoms with Gasteiger partial charge in [0.25, 0.3) is 5.91 Å². The number of nitrogens with zero attached hydrogens (tertiary/aromatic N) is 1. The van der Waals surface area contributed by atoms with Crippen molar-refractivity contribution in [3.63, 3.8) is 0 Å². The van der Waals surface area contributed by atoms with Gasteiger partial charge in [-0.15, -0.1) is 8.78 Å². The van der Waals surface area contributed by atoms with Crippen molar-refractivity contribution in [2.75, 3.05) is 4.90 Å². The number of imide groups is 1. The third kappa shape index (κ3) is 4.94. The largest absolute Gasteiger partial charge is 0.487 e. The number of rotatable bonds is 6. The molecule has 0 unspecified atom stereocenters. The summed E-state index contributed by atoms with van der Waals surface area (Å²) in [5, 5.41) is 2.41. The SMILES string of the molecule is O=C1C[C@H]([NH2+]Cc2ccc(Cl)cc2)C(=O)N1c1ccc(OC(F)(F)Cl)cc1. The molecule has 1 saturated heterocycles. The summed E-state index contributed by atoms with van der Waals surface area (Å²) in [5.74, 6) is -0.886. The van der Waals surface area contributed by atoms with E-state index in [-0.39, 0.29) is 29.7 Å². The van der Waals surface area contributed by atoms with Crippen molar-refractivity contribution in [1.29, 1.82) is 0 Å². The van der Waals surface area contributed by atoms with Crippen molar-refractivity contribution in [2.45, 2.75) is 24.6 Å². The summed E-state index contributed by atoms with van der Waals surface area (Å²) >= 11 is 10.5. The zero-order valence-corrected chi connectivity index (χ0v) is 15.4. The van der Waals surface area contributed by atoms with Gasteiger partial charge < -0.3 is 10.1 Å². The molecule has 1 atom stereocenters. The minimum absolute atomic E-state index is 0.0599. The summed E-state index contributed by atoms with van der Waals surface area (Å²) in [7, 11) is 0. The van der Waals surface area contributed by atoms with Crippen molar-refractivity contribution >= 4 is 40.7 Å². The Morgan fingerprint density at radius 1 is 1.11 bits per heavy atom. The Morgan fingerprint density at radius 3 is 2.33 bits per heavy atom. The molecular weight excluding hydrogens is 401 g/mol. The number of hydrogen-bond acceptors (Lipinski definition) is 3. The van der Waals surface area contributed by atoms with E-state index in [9.17, 15) is 18.4 Å². The van der Waals surface area contributed by atoms with Gasteiger partial charge in [0, 0.05) is 22.2 Å². The van der Waals surface area contributed by atoms with Crippen LogP contribution in [0.5, 0.6) is 5.75 Å². The first-order valence-corrected chi connectivity index (χ1v) is 8.79. The van der Waals surface area contributed by atoms with Gasteiger partial charge in [-0.1, -0.05) is 23.7 Å². The van der Waals surface area contributed by atoms with Crippen molar-refractivity contribution in [3.05, 3.63) is 59.1 Å². The number of anilines is 1. The van der Waals surface area contributed by atoms with Gasteiger partial charge in [0.2, 0.25) is 5.91 Å². The van der Waals surface area contributed by atoms with Gasteiger partial charge in [0.15, 0.2) is 6.04 Å². The number of carbonyl (C=O) groups is 2. The highest BCUT2D eigenvalue weighted by atomic mass is 35.5. The highest BCUT2D eigenvalue weighted by Gasteiger charge is 2.42. The summed E-state index contributed by atoms with van der Waals surface area (Å²) in [6, 6.07) is 11.8. The molecule has 3 rings (SSSR count). The average Bonchev–Trinajstić information content (AvgIpc) is 2.88. The monoisotopic (exact) mass is 415 g/mol. The minimum atomic E-state index is -3.83. The van der Waals surface area contributed by atoms with Crippen molar-refractivity contribution < 1.29 is 28.4 Å². The van der Waals surface area contributed by atoms with Crippen LogP contribution < -0.4 is 15.0 Å². The number of ether oxygens (including phenoxy) is 1. The van der Waals surface area contributed by atoms with E-state index in [0.29, 0.717) is 11.6 Å². The Hall–Kier alpha value is -2.22. The highest BCUT2D eigenvalue weighted by molar-refractivity contribution is 6.30. The number of halogens is 4. The van der Waals surface area contributed by atoms with Crippen LogP contribution in [0.15, 0.2) is 48.5 Å². The highest BCUT2D eigenvalue weighted by Crippen LogP contribution is 2.28. The molecule has 2 N–H and O–H groups in total. The third-order valence-electron chi connectivity index (χ3n) is 4.06. The van der Waals surface area contributed by atoms with Crippen molar-refractivity contribution in [1.82, 2.24) is 0 Å². The normalized spacial score (nSPS) is 17.5. The predicted molar refractivity (Wildman–Crippen MR) is 95.8 cm³/mol. The number of alkyl halides is 3. The predicted octanol–water partition coefficient (Wildman–Crippen LogP) is 2.90. The molecule has 1 heterocycles. The molecule has 0 saturated carbocycles. The number of quaternary nitrogens is 1. The summed E-state index contributed by atoms with van der Waals surface area (Å²) in [4.78, 5) is 25.9. The number of carbonyl (C=O) groups excluding carboxylic acids is 2. The van der Waals surface area contributed by atoms with Gasteiger partial charge in [-0.3, -0.25) is 9.59 Å². The maximum Gasteiger partial charge on any atom is 0.487 e. The second-order valence-corrected chi connectivity index (χ2v) is 6.86. The molecule has 2 amide bonds. The number of hydrogen-bond donors (Lipinski definition) is 1. The van der Waals surface area contributed by atoms with Crippen LogP contribution in [0.2, 0.25) is 5.02 Å². The van der Waals surface area contributed by atoms with E-state index in [1.54, 1.807) is 17.4 Å². The molecule has 0 spiro atoms. The molecule has 9 heteroatoms. The lowest BCUT2D eigenvalue weighted by molar-refractivity contribution is -0.690. The Morgan fingerprint density at radius 2 is 1.74 bits per heavy atom. The Labute approximate surface area is 163 Å². The van der Waals surface area contributed by atoms with Gasteiger partial charge in [-0.2, -0.15) is 0 Å². The molecule has 5 nitrogen and oxygen atoms in total. The average molecular weight is 416 g/mol. The number of benzene rings is 2. The van der Waals surface area contributed by atoms with E-state index in [1.807, 2.05) is 12.1 Å². The molecule has 2 aromatic rings. The molecule has 1 fully saturated rings. The van der Waals surface area contributed by atoms with Gasteiger partial charge in [-0.25, -0.2) is 4.90 Å². The molecule has 0 aromatic heterocycles. The van der Waals surface area contributed by atoms with Crippen LogP contribution in [0.4, 0.5) is 14.5 Å². The van der Waals surface area contributed by atoms with Crippen LogP contribution in [0, 0.1) is 0 Å². The van der Waals surface area contributed by atoms with Crippen LogP contribution in [0.3, 0.4) is 0 Å². The Balaban J connectivity index is 1.66. The maximum absolute atomic E-state index is 12.6. The lowest BCUT2D eigenvalue weighted by Crippen LogP contribution is -2.90. The smallest absolute Gasteiger partial charge is 0.420 e. The van der Waals surface area contributed by atoms with Crippen LogP contribution in [0.25, 0.3) is 0 Å². The number of nitrogens with two attached hydrogens (primary N) is 1. The molecule has 0 bridgehead atoms. The van der Waals surface area contributed by atoms with Crippen molar-refractivity contribution in [2.24, 2.45) is 0 Å². The minimum Gasteiger partial charge on any atom is -0.420 e. The Bertz CT molecular complexity index is 839. The first-order valence-electron chi connectivity index (χ1n) is 8.03. The zero-order chi connectivity index (χ0) is 19.6. The van der Waals surface area contributed by atoms with Gasteiger partial charge >= 0.3 is 5.57 Å². The summed E-state index contributed by atoms with van der Waals surface area (Å²) in [6.07, 6.45) is 0.0599. The summed E-state index contributed by atoms with van der Waals surface area (Å²) in [6.45, 7) is 0.520. The summed E-state index contributed by atoms with van der Waals surface area (Å²) < 4.78 is 29.5. The molecule has 1 aliphatic rings. The standard InChI is InChI=1S/C18H14Cl2F2N2O3/c19-12-3-1-11(2-4-12)10-23-15-9-16(25)24(17(15)26)13-5-7-14(8-6-13)27-18(20,21)22/h1-8,15,23H,9-10H2/p+1/t15-/m0/s1. The van der Waals surface area contributed by atoms with E-state index < -0.39 is 11.6 Å². The topological polar surface area (TPSA) is 63.2 Å². The second kappa shape index (κ2) is 7.80. The van der Waals surface area contributed by atoms with Crippen LogP contribution in [-0.2, 0) is 16.1 Å². The molecule has 27 heavy (non-hydrogen) atoms. The van der Waals surface area contributed by atoms with Crippen LogP contribution >= 0.6 is 23.2 Å². The fourth-order valence-electron chi connectivity index (χ4n) is 2.81.